The van der Waals surface area contributed by atoms with E-state index in [1.165, 1.54) is 23.5 Å². The molecule has 8 heteroatoms. The number of carbonyl (C=O) groups excluding carboxylic acids is 1. The molecule has 27 heavy (non-hydrogen) atoms. The lowest BCUT2D eigenvalue weighted by Gasteiger charge is -2.03. The highest BCUT2D eigenvalue weighted by Gasteiger charge is 2.17. The monoisotopic (exact) mass is 404 g/mol. The van der Waals surface area contributed by atoms with Crippen molar-refractivity contribution >= 4 is 34.0 Å². The van der Waals surface area contributed by atoms with Crippen LogP contribution < -0.4 is 14.8 Å². The van der Waals surface area contributed by atoms with Crippen molar-refractivity contribution in [1.29, 1.82) is 0 Å². The van der Waals surface area contributed by atoms with Crippen LogP contribution >= 0.6 is 22.9 Å². The third-order valence-corrected chi connectivity index (χ3v) is 5.40. The van der Waals surface area contributed by atoms with E-state index >= 15 is 0 Å². The first-order valence-corrected chi connectivity index (χ1v) is 9.30. The van der Waals surface area contributed by atoms with E-state index in [0.717, 1.165) is 33.7 Å². The lowest BCUT2D eigenvalue weighted by atomic mass is 10.1. The maximum atomic E-state index is 13.9. The summed E-state index contributed by atoms with van der Waals surface area (Å²) in [6.45, 7) is 2.10. The normalized spacial score (nSPS) is 12.3. The molecule has 0 unspecified atom stereocenters. The van der Waals surface area contributed by atoms with Crippen LogP contribution in [-0.2, 0) is 6.42 Å². The van der Waals surface area contributed by atoms with Crippen LogP contribution in [0.4, 0.5) is 9.52 Å². The fourth-order valence-electron chi connectivity index (χ4n) is 2.72. The minimum atomic E-state index is -0.672. The summed E-state index contributed by atoms with van der Waals surface area (Å²) in [5.41, 5.74) is 1.78. The molecule has 0 bridgehead atoms. The van der Waals surface area contributed by atoms with Crippen molar-refractivity contribution in [1.82, 2.24) is 4.98 Å². The van der Waals surface area contributed by atoms with Crippen LogP contribution in [0.1, 0.15) is 26.5 Å². The molecule has 1 aliphatic heterocycles. The van der Waals surface area contributed by atoms with Crippen LogP contribution in [0, 0.1) is 12.7 Å². The largest absolute Gasteiger partial charge is 0.454 e. The summed E-state index contributed by atoms with van der Waals surface area (Å²) in [6, 6.07) is 9.70. The van der Waals surface area contributed by atoms with E-state index in [1.807, 2.05) is 25.1 Å². The van der Waals surface area contributed by atoms with Crippen molar-refractivity contribution < 1.29 is 18.7 Å². The van der Waals surface area contributed by atoms with Crippen LogP contribution in [-0.4, -0.2) is 17.7 Å². The number of hydrogen-bond donors (Lipinski definition) is 1. The van der Waals surface area contributed by atoms with Gasteiger partial charge >= 0.3 is 0 Å². The number of anilines is 1. The topological polar surface area (TPSA) is 60.5 Å². The van der Waals surface area contributed by atoms with Crippen LogP contribution in [0.25, 0.3) is 0 Å². The number of aromatic nitrogens is 1. The summed E-state index contributed by atoms with van der Waals surface area (Å²) < 4.78 is 24.6. The molecule has 1 aliphatic rings. The van der Waals surface area contributed by atoms with Crippen LogP contribution in [0.3, 0.4) is 0 Å². The first-order chi connectivity index (χ1) is 13.0. The molecular weight excluding hydrogens is 391 g/mol. The van der Waals surface area contributed by atoms with Crippen molar-refractivity contribution in [2.45, 2.75) is 13.3 Å². The van der Waals surface area contributed by atoms with E-state index in [-0.39, 0.29) is 17.4 Å². The van der Waals surface area contributed by atoms with E-state index in [9.17, 15) is 9.18 Å². The molecule has 0 radical (unpaired) electrons. The van der Waals surface area contributed by atoms with Gasteiger partial charge in [0.2, 0.25) is 6.79 Å². The maximum Gasteiger partial charge on any atom is 0.260 e. The smallest absolute Gasteiger partial charge is 0.260 e. The second kappa shape index (κ2) is 7.17. The Balaban J connectivity index is 1.50. The van der Waals surface area contributed by atoms with E-state index in [0.29, 0.717) is 11.6 Å². The van der Waals surface area contributed by atoms with Gasteiger partial charge < -0.3 is 9.47 Å². The van der Waals surface area contributed by atoms with Gasteiger partial charge in [0.25, 0.3) is 5.91 Å². The van der Waals surface area contributed by atoms with Crippen LogP contribution in [0.15, 0.2) is 36.4 Å². The van der Waals surface area contributed by atoms with Crippen LogP contribution in [0.5, 0.6) is 11.5 Å². The Morgan fingerprint density at radius 3 is 2.89 bits per heavy atom. The zero-order valence-electron chi connectivity index (χ0n) is 14.2. The average molecular weight is 405 g/mol. The molecule has 0 fully saturated rings. The molecular formula is C19H14ClFN2O3S. The van der Waals surface area contributed by atoms with E-state index in [1.54, 1.807) is 0 Å². The Labute approximate surface area is 163 Å². The summed E-state index contributed by atoms with van der Waals surface area (Å²) >= 11 is 7.08. The third kappa shape index (κ3) is 3.74. The van der Waals surface area contributed by atoms with Gasteiger partial charge in [-0.3, -0.25) is 10.1 Å². The summed E-state index contributed by atoms with van der Waals surface area (Å²) in [6.07, 6.45) is 0.644. The Bertz CT molecular complexity index is 1040. The average Bonchev–Trinajstić information content (AvgIpc) is 3.21. The van der Waals surface area contributed by atoms with Crippen molar-refractivity contribution in [3.63, 3.8) is 0 Å². The Kier molecular flexibility index (Phi) is 4.72. The van der Waals surface area contributed by atoms with Gasteiger partial charge in [0.05, 0.1) is 11.3 Å². The Hall–Kier alpha value is -2.64. The van der Waals surface area contributed by atoms with Gasteiger partial charge in [-0.15, -0.1) is 11.3 Å². The Morgan fingerprint density at radius 1 is 1.26 bits per heavy atom. The van der Waals surface area contributed by atoms with Gasteiger partial charge in [-0.05, 0) is 42.8 Å². The summed E-state index contributed by atoms with van der Waals surface area (Å²) in [4.78, 5) is 17.7. The van der Waals surface area contributed by atoms with Crippen molar-refractivity contribution in [3.8, 4) is 11.5 Å². The molecule has 1 amide bonds. The lowest BCUT2D eigenvalue weighted by Crippen LogP contribution is -2.13. The van der Waals surface area contributed by atoms with Crippen molar-refractivity contribution in [3.05, 3.63) is 68.9 Å². The van der Waals surface area contributed by atoms with Gasteiger partial charge in [-0.1, -0.05) is 17.7 Å². The van der Waals surface area contributed by atoms with E-state index in [4.69, 9.17) is 21.1 Å². The molecule has 3 aromatic rings. The molecule has 1 N–H and O–H groups in total. The molecule has 0 aliphatic carbocycles. The summed E-state index contributed by atoms with van der Waals surface area (Å²) in [5, 5.41) is 3.30. The second-order valence-corrected chi connectivity index (χ2v) is 7.49. The summed E-state index contributed by atoms with van der Waals surface area (Å²) in [7, 11) is 0. The van der Waals surface area contributed by atoms with Gasteiger partial charge in [0.15, 0.2) is 16.6 Å². The SMILES string of the molecule is Cc1nc(NC(=O)c2ccc(Cl)cc2F)sc1Cc1ccc2c(c1)OCO2. The molecule has 0 saturated carbocycles. The molecule has 4 rings (SSSR count). The van der Waals surface area contributed by atoms with Gasteiger partial charge in [0.1, 0.15) is 5.82 Å². The van der Waals surface area contributed by atoms with Crippen molar-refractivity contribution in [2.24, 2.45) is 0 Å². The predicted molar refractivity (Wildman–Crippen MR) is 102 cm³/mol. The standard InChI is InChI=1S/C19H14ClFN2O3S/c1-10-17(7-11-2-5-15-16(6-11)26-9-25-15)27-19(22-10)23-18(24)13-4-3-12(20)8-14(13)21/h2-6,8H,7,9H2,1H3,(H,22,23,24). The number of ether oxygens (including phenoxy) is 2. The number of nitrogens with zero attached hydrogens (tertiary/aromatic N) is 1. The zero-order chi connectivity index (χ0) is 19.0. The molecule has 2 heterocycles. The number of amides is 1. The number of aryl methyl sites for hydroxylation is 1. The fraction of sp³-hybridized carbons (Fsp3) is 0.158. The number of nitrogens with one attached hydrogen (secondary N) is 1. The lowest BCUT2D eigenvalue weighted by molar-refractivity contribution is 0.102. The molecule has 0 atom stereocenters. The highest BCUT2D eigenvalue weighted by Crippen LogP contribution is 2.34. The number of halogens is 2. The molecule has 2 aromatic carbocycles. The van der Waals surface area contributed by atoms with Crippen molar-refractivity contribution in [2.75, 3.05) is 12.1 Å². The quantitative estimate of drug-likeness (QED) is 0.677. The second-order valence-electron chi connectivity index (χ2n) is 5.97. The Morgan fingerprint density at radius 2 is 2.07 bits per heavy atom. The first kappa shape index (κ1) is 17.8. The van der Waals surface area contributed by atoms with E-state index in [2.05, 4.69) is 10.3 Å². The van der Waals surface area contributed by atoms with Gasteiger partial charge in [-0.25, -0.2) is 9.37 Å². The van der Waals surface area contributed by atoms with E-state index < -0.39 is 11.7 Å². The molecule has 1 aromatic heterocycles. The number of carbonyl (C=O) groups is 1. The molecule has 0 spiro atoms. The maximum absolute atomic E-state index is 13.9. The zero-order valence-corrected chi connectivity index (χ0v) is 15.8. The van der Waals surface area contributed by atoms with Crippen LogP contribution in [0.2, 0.25) is 5.02 Å². The first-order valence-electron chi connectivity index (χ1n) is 8.11. The highest BCUT2D eigenvalue weighted by molar-refractivity contribution is 7.15. The summed E-state index contributed by atoms with van der Waals surface area (Å²) in [5.74, 6) is 0.223. The number of benzene rings is 2. The molecule has 0 saturated heterocycles. The molecule has 5 nitrogen and oxygen atoms in total. The number of fused-ring (bicyclic) bond motifs is 1. The van der Waals surface area contributed by atoms with Gasteiger partial charge in [0, 0.05) is 16.3 Å². The number of thiazole rings is 1. The number of rotatable bonds is 4. The highest BCUT2D eigenvalue weighted by atomic mass is 35.5. The minimum Gasteiger partial charge on any atom is -0.454 e. The van der Waals surface area contributed by atoms with Gasteiger partial charge in [-0.2, -0.15) is 0 Å². The predicted octanol–water partition coefficient (Wildman–Crippen LogP) is 4.82. The molecule has 138 valence electrons. The minimum absolute atomic E-state index is 0.0791. The fourth-order valence-corrected chi connectivity index (χ4v) is 3.87. The number of hydrogen-bond acceptors (Lipinski definition) is 5. The third-order valence-electron chi connectivity index (χ3n) is 4.09.